The number of pyridine rings is 2. The van der Waals surface area contributed by atoms with E-state index in [1.54, 1.807) is 24.4 Å². The number of amides is 1. The monoisotopic (exact) mass is 505 g/mol. The predicted octanol–water partition coefficient (Wildman–Crippen LogP) is 3.79. The first kappa shape index (κ1) is 26.3. The molecule has 11 heteroatoms. The Morgan fingerprint density at radius 2 is 2.00 bits per heavy atom. The Morgan fingerprint density at radius 3 is 2.72 bits per heavy atom. The second-order valence-corrected chi connectivity index (χ2v) is 7.75. The molecule has 3 heterocycles. The van der Waals surface area contributed by atoms with Gasteiger partial charge in [0.1, 0.15) is 24.0 Å². The minimum Gasteiger partial charge on any atom is -0.494 e. The zero-order valence-electron chi connectivity index (χ0n) is 19.8. The maximum Gasteiger partial charge on any atom is 0.251 e. The second-order valence-electron chi connectivity index (χ2n) is 7.75. The van der Waals surface area contributed by atoms with E-state index in [-0.39, 0.29) is 42.0 Å². The molecule has 0 radical (unpaired) electrons. The quantitative estimate of drug-likeness (QED) is 0.389. The van der Waals surface area contributed by atoms with E-state index in [2.05, 4.69) is 30.6 Å². The van der Waals surface area contributed by atoms with Crippen LogP contribution in [0.3, 0.4) is 0 Å². The molecule has 0 saturated heterocycles. The molecule has 2 N–H and O–H groups in total. The Bertz CT molecular complexity index is 1460. The summed E-state index contributed by atoms with van der Waals surface area (Å²) in [6.45, 7) is 2.45. The maximum absolute atomic E-state index is 14.7. The van der Waals surface area contributed by atoms with Gasteiger partial charge in [0.15, 0.2) is 11.4 Å². The molecule has 0 aliphatic carbocycles. The highest BCUT2D eigenvalue weighted by atomic mass is 32.1. The fraction of sp³-hybridized carbons (Fsp3) is 0.200. The number of aromatic nitrogens is 4. The number of anilines is 1. The van der Waals surface area contributed by atoms with Gasteiger partial charge >= 0.3 is 0 Å². The van der Waals surface area contributed by atoms with Crippen molar-refractivity contribution in [3.05, 3.63) is 71.7 Å². The van der Waals surface area contributed by atoms with Crippen LogP contribution in [0.15, 0.2) is 49.1 Å². The third kappa shape index (κ3) is 5.18. The van der Waals surface area contributed by atoms with Crippen LogP contribution in [-0.4, -0.2) is 46.5 Å². The molecule has 3 aromatic heterocycles. The molecule has 1 amide bonds. The summed E-state index contributed by atoms with van der Waals surface area (Å²) in [5.41, 5.74) is 2.96. The summed E-state index contributed by atoms with van der Waals surface area (Å²) in [4.78, 5) is 29.3. The van der Waals surface area contributed by atoms with Crippen LogP contribution < -0.4 is 15.4 Å². The van der Waals surface area contributed by atoms with Crippen LogP contribution in [0.5, 0.6) is 5.75 Å². The van der Waals surface area contributed by atoms with Crippen molar-refractivity contribution in [2.45, 2.75) is 12.8 Å². The van der Waals surface area contributed by atoms with Crippen LogP contribution in [0.2, 0.25) is 0 Å². The predicted molar refractivity (Wildman–Crippen MR) is 139 cm³/mol. The molecule has 1 atom stereocenters. The van der Waals surface area contributed by atoms with Gasteiger partial charge in [0.25, 0.3) is 5.91 Å². The highest BCUT2D eigenvalue weighted by Gasteiger charge is 2.19. The van der Waals surface area contributed by atoms with E-state index in [1.807, 2.05) is 13.0 Å². The molecule has 9 nitrogen and oxygen atoms in total. The fourth-order valence-electron chi connectivity index (χ4n) is 3.77. The number of hydrogen-bond donors (Lipinski definition) is 2. The van der Waals surface area contributed by atoms with Crippen molar-refractivity contribution < 1.29 is 13.9 Å². The average Bonchev–Trinajstić information content (AvgIpc) is 2.90. The van der Waals surface area contributed by atoms with Gasteiger partial charge in [0, 0.05) is 48.9 Å². The largest absolute Gasteiger partial charge is 0.494 e. The Labute approximate surface area is 214 Å². The van der Waals surface area contributed by atoms with Gasteiger partial charge in [-0.25, -0.2) is 19.3 Å². The third-order valence-corrected chi connectivity index (χ3v) is 5.61. The van der Waals surface area contributed by atoms with Crippen molar-refractivity contribution in [2.75, 3.05) is 26.0 Å². The van der Waals surface area contributed by atoms with Crippen molar-refractivity contribution in [1.29, 1.82) is 5.26 Å². The van der Waals surface area contributed by atoms with Crippen molar-refractivity contribution in [2.24, 2.45) is 0 Å². The molecular weight excluding hydrogens is 481 g/mol. The lowest BCUT2D eigenvalue weighted by Crippen LogP contribution is -2.19. The van der Waals surface area contributed by atoms with Crippen LogP contribution in [-0.2, 0) is 0 Å². The first-order valence-electron chi connectivity index (χ1n) is 10.8. The number of fused-ring (bicyclic) bond motifs is 1. The van der Waals surface area contributed by atoms with Crippen molar-refractivity contribution in [3.8, 4) is 23.1 Å². The van der Waals surface area contributed by atoms with E-state index in [9.17, 15) is 9.18 Å². The number of nitrogens with one attached hydrogen (secondary N) is 2. The van der Waals surface area contributed by atoms with Gasteiger partial charge in [-0.15, -0.1) is 0 Å². The van der Waals surface area contributed by atoms with Crippen molar-refractivity contribution in [1.82, 2.24) is 25.3 Å². The molecule has 0 bridgehead atoms. The van der Waals surface area contributed by atoms with Gasteiger partial charge in [-0.3, -0.25) is 9.78 Å². The van der Waals surface area contributed by atoms with E-state index >= 15 is 0 Å². The highest BCUT2D eigenvalue weighted by molar-refractivity contribution is 7.59. The lowest BCUT2D eigenvalue weighted by atomic mass is 9.95. The SMILES string of the molecule is CNC(=O)c1ccnc2c([C@H](C)CNc3cc(-c4cnc(C#N)c(OC)c4)ncn3)ccc(F)c12.S. The normalized spacial score (nSPS) is 11.2. The van der Waals surface area contributed by atoms with Crippen LogP contribution in [0.4, 0.5) is 10.2 Å². The Balaban J connectivity index is 0.00000361. The number of rotatable bonds is 7. The molecule has 4 rings (SSSR count). The van der Waals surface area contributed by atoms with Gasteiger partial charge in [0.05, 0.1) is 23.9 Å². The molecule has 0 saturated carbocycles. The number of halogens is 1. The van der Waals surface area contributed by atoms with E-state index < -0.39 is 5.82 Å². The summed E-state index contributed by atoms with van der Waals surface area (Å²) >= 11 is 0. The molecule has 1 aromatic carbocycles. The number of nitrogens with zero attached hydrogens (tertiary/aromatic N) is 5. The van der Waals surface area contributed by atoms with Gasteiger partial charge in [0.2, 0.25) is 0 Å². The molecule has 0 spiro atoms. The topological polar surface area (TPSA) is 126 Å². The van der Waals surface area contributed by atoms with Gasteiger partial charge in [-0.05, 0) is 23.8 Å². The van der Waals surface area contributed by atoms with E-state index in [4.69, 9.17) is 10.00 Å². The Hall–Kier alpha value is -4.30. The van der Waals surface area contributed by atoms with Gasteiger partial charge < -0.3 is 15.4 Å². The number of nitriles is 1. The van der Waals surface area contributed by atoms with Crippen LogP contribution in [0.1, 0.15) is 34.5 Å². The number of carbonyl (C=O) groups excluding carboxylic acids is 1. The molecule has 0 unspecified atom stereocenters. The standard InChI is InChI=1S/C25H22FN7O2.H2S/c1-14(16-4-5-18(26)23-17(25(34)28-2)6-7-29-24(16)23)11-31-22-9-19(32-13-33-22)15-8-21(35-3)20(10-27)30-12-15;/h4-9,12-14H,11H2,1-3H3,(H,28,34)(H,31,32,33);1H2/t14-;/m1./s1. The summed E-state index contributed by atoms with van der Waals surface area (Å²) in [6, 6.07) is 9.99. The van der Waals surface area contributed by atoms with E-state index in [1.165, 1.54) is 38.8 Å². The van der Waals surface area contributed by atoms with E-state index in [0.29, 0.717) is 34.9 Å². The molecular formula is C25H24FN7O2S. The van der Waals surface area contributed by atoms with Crippen LogP contribution in [0.25, 0.3) is 22.2 Å². The maximum atomic E-state index is 14.7. The summed E-state index contributed by atoms with van der Waals surface area (Å²) in [5, 5.41) is 15.1. The second kappa shape index (κ2) is 11.4. The lowest BCUT2D eigenvalue weighted by molar-refractivity contribution is 0.0964. The van der Waals surface area contributed by atoms with Crippen molar-refractivity contribution >= 4 is 36.1 Å². The minimum atomic E-state index is -0.498. The van der Waals surface area contributed by atoms with Gasteiger partial charge in [-0.1, -0.05) is 13.0 Å². The van der Waals surface area contributed by atoms with Gasteiger partial charge in [-0.2, -0.15) is 18.8 Å². The number of carbonyl (C=O) groups is 1. The highest BCUT2D eigenvalue weighted by Crippen LogP contribution is 2.29. The zero-order valence-corrected chi connectivity index (χ0v) is 20.8. The molecule has 184 valence electrons. The summed E-state index contributed by atoms with van der Waals surface area (Å²) in [7, 11) is 2.98. The smallest absolute Gasteiger partial charge is 0.251 e. The zero-order chi connectivity index (χ0) is 24.9. The molecule has 0 aliphatic rings. The molecule has 4 aromatic rings. The first-order valence-corrected chi connectivity index (χ1v) is 10.8. The summed E-state index contributed by atoms with van der Waals surface area (Å²) in [5.74, 6) is -0.0149. The first-order chi connectivity index (χ1) is 17.0. The molecule has 36 heavy (non-hydrogen) atoms. The summed E-state index contributed by atoms with van der Waals surface area (Å²) in [6.07, 6.45) is 4.49. The molecule has 0 fully saturated rings. The number of hydrogen-bond acceptors (Lipinski definition) is 8. The third-order valence-electron chi connectivity index (χ3n) is 5.61. The number of benzene rings is 1. The Kier molecular flexibility index (Phi) is 8.34. The average molecular weight is 506 g/mol. The minimum absolute atomic E-state index is 0. The fourth-order valence-corrected chi connectivity index (χ4v) is 3.77. The van der Waals surface area contributed by atoms with Crippen LogP contribution in [0, 0.1) is 17.1 Å². The Morgan fingerprint density at radius 1 is 1.19 bits per heavy atom. The summed E-state index contributed by atoms with van der Waals surface area (Å²) < 4.78 is 19.9. The van der Waals surface area contributed by atoms with Crippen molar-refractivity contribution in [3.63, 3.8) is 0 Å². The number of methoxy groups -OCH3 is 1. The van der Waals surface area contributed by atoms with E-state index in [0.717, 1.165) is 5.56 Å². The lowest BCUT2D eigenvalue weighted by Gasteiger charge is -2.17. The molecule has 0 aliphatic heterocycles. The number of ether oxygens (including phenoxy) is 1. The van der Waals surface area contributed by atoms with Crippen LogP contribution >= 0.6 is 13.5 Å².